The van der Waals surface area contributed by atoms with Crippen LogP contribution in [0.2, 0.25) is 0 Å². The van der Waals surface area contributed by atoms with E-state index in [0.717, 1.165) is 23.9 Å². The number of rotatable bonds is 3. The Labute approximate surface area is 120 Å². The summed E-state index contributed by atoms with van der Waals surface area (Å²) in [7, 11) is 0. The van der Waals surface area contributed by atoms with Crippen molar-refractivity contribution in [2.45, 2.75) is 13.8 Å². The Morgan fingerprint density at radius 3 is 2.55 bits per heavy atom. The highest BCUT2D eigenvalue weighted by molar-refractivity contribution is 7.80. The molecule has 6 heteroatoms. The van der Waals surface area contributed by atoms with Crippen LogP contribution in [0.25, 0.3) is 0 Å². The minimum absolute atomic E-state index is 0.0208. The maximum atomic E-state index is 13.7. The van der Waals surface area contributed by atoms with Crippen molar-refractivity contribution < 1.29 is 8.78 Å². The molecule has 20 heavy (non-hydrogen) atoms. The van der Waals surface area contributed by atoms with Gasteiger partial charge in [-0.3, -0.25) is 4.98 Å². The molecule has 0 atom stereocenters. The predicted molar refractivity (Wildman–Crippen MR) is 79.2 cm³/mol. The van der Waals surface area contributed by atoms with Crippen molar-refractivity contribution in [1.82, 2.24) is 4.98 Å². The van der Waals surface area contributed by atoms with Crippen molar-refractivity contribution in [1.29, 1.82) is 0 Å². The predicted octanol–water partition coefficient (Wildman–Crippen LogP) is 3.35. The summed E-state index contributed by atoms with van der Waals surface area (Å²) in [4.78, 5) is 4.41. The van der Waals surface area contributed by atoms with Crippen LogP contribution in [0.3, 0.4) is 0 Å². The summed E-state index contributed by atoms with van der Waals surface area (Å²) in [5.74, 6) is -1.10. The van der Waals surface area contributed by atoms with Crippen molar-refractivity contribution in [3.63, 3.8) is 0 Å². The molecule has 0 saturated heterocycles. The number of halogens is 2. The average molecular weight is 293 g/mol. The highest BCUT2D eigenvalue weighted by Gasteiger charge is 2.13. The lowest BCUT2D eigenvalue weighted by Gasteiger charge is -2.14. The Kier molecular flexibility index (Phi) is 3.94. The summed E-state index contributed by atoms with van der Waals surface area (Å²) >= 11 is 4.99. The number of benzene rings is 1. The Hall–Kier alpha value is -2.08. The van der Waals surface area contributed by atoms with Gasteiger partial charge in [0.05, 0.1) is 16.9 Å². The van der Waals surface area contributed by atoms with Crippen LogP contribution >= 0.6 is 12.2 Å². The van der Waals surface area contributed by atoms with Gasteiger partial charge in [-0.2, -0.15) is 0 Å². The smallest absolute Gasteiger partial charge is 0.146 e. The summed E-state index contributed by atoms with van der Waals surface area (Å²) in [5, 5.41) is 2.82. The van der Waals surface area contributed by atoms with Crippen LogP contribution in [0.1, 0.15) is 17.0 Å². The lowest BCUT2D eigenvalue weighted by molar-refractivity contribution is 0.603. The van der Waals surface area contributed by atoms with Gasteiger partial charge < -0.3 is 11.1 Å². The van der Waals surface area contributed by atoms with E-state index in [1.54, 1.807) is 19.9 Å². The number of aromatic nitrogens is 1. The van der Waals surface area contributed by atoms with Crippen molar-refractivity contribution in [2.75, 3.05) is 5.32 Å². The lowest BCUT2D eigenvalue weighted by atomic mass is 10.1. The number of hydrogen-bond acceptors (Lipinski definition) is 3. The minimum atomic E-state index is -0.563. The molecule has 104 valence electrons. The second kappa shape index (κ2) is 5.50. The van der Waals surface area contributed by atoms with Crippen LogP contribution in [0.5, 0.6) is 0 Å². The van der Waals surface area contributed by atoms with Crippen molar-refractivity contribution in [2.24, 2.45) is 5.73 Å². The van der Waals surface area contributed by atoms with Gasteiger partial charge in [-0.25, -0.2) is 8.78 Å². The molecular formula is C14H13F2N3S. The van der Waals surface area contributed by atoms with Gasteiger partial charge >= 0.3 is 0 Å². The molecule has 0 aliphatic heterocycles. The standard InChI is InChI=1S/C14H13F2N3S/c1-7-5-12(13(14(17)20)8(2)18-7)19-11-6-9(15)3-4-10(11)16/h3-6H,1-2H3,(H2,17,20)(H,18,19). The van der Waals surface area contributed by atoms with Gasteiger partial charge in [0.2, 0.25) is 0 Å². The van der Waals surface area contributed by atoms with E-state index in [2.05, 4.69) is 10.3 Å². The molecule has 0 unspecified atom stereocenters. The number of nitrogens with two attached hydrogens (primary N) is 1. The summed E-state index contributed by atoms with van der Waals surface area (Å²) in [6, 6.07) is 4.87. The summed E-state index contributed by atoms with van der Waals surface area (Å²) in [5.41, 5.74) is 8.08. The van der Waals surface area contributed by atoms with Crippen LogP contribution in [-0.2, 0) is 0 Å². The number of pyridine rings is 1. The zero-order chi connectivity index (χ0) is 14.9. The molecule has 3 nitrogen and oxygen atoms in total. The van der Waals surface area contributed by atoms with Gasteiger partial charge in [-0.15, -0.1) is 0 Å². The van der Waals surface area contributed by atoms with E-state index < -0.39 is 11.6 Å². The first kappa shape index (κ1) is 14.3. The highest BCUT2D eigenvalue weighted by Crippen LogP contribution is 2.26. The average Bonchev–Trinajstić information content (AvgIpc) is 2.32. The number of thiocarbonyl (C=S) groups is 1. The fourth-order valence-electron chi connectivity index (χ4n) is 1.98. The van der Waals surface area contributed by atoms with Crippen molar-refractivity contribution >= 4 is 28.6 Å². The topological polar surface area (TPSA) is 50.9 Å². The van der Waals surface area contributed by atoms with Gasteiger partial charge in [-0.05, 0) is 32.0 Å². The molecule has 3 N–H and O–H groups in total. The quantitative estimate of drug-likeness (QED) is 0.852. The van der Waals surface area contributed by atoms with Crippen LogP contribution in [0, 0.1) is 25.5 Å². The Balaban J connectivity index is 2.53. The molecule has 2 rings (SSSR count). The fraction of sp³-hybridized carbons (Fsp3) is 0.143. The third-order valence-corrected chi connectivity index (χ3v) is 2.98. The third-order valence-electron chi connectivity index (χ3n) is 2.77. The van der Waals surface area contributed by atoms with Gasteiger partial charge in [0, 0.05) is 17.5 Å². The summed E-state index contributed by atoms with van der Waals surface area (Å²) in [6.45, 7) is 3.55. The monoisotopic (exact) mass is 293 g/mol. The third kappa shape index (κ3) is 2.91. The molecule has 0 saturated carbocycles. The van der Waals surface area contributed by atoms with Gasteiger partial charge in [0.25, 0.3) is 0 Å². The molecule has 0 spiro atoms. The summed E-state index contributed by atoms with van der Waals surface area (Å²) in [6.07, 6.45) is 0. The number of anilines is 2. The van der Waals surface area contributed by atoms with Crippen LogP contribution in [0.15, 0.2) is 24.3 Å². The Bertz CT molecular complexity index is 686. The number of hydrogen-bond donors (Lipinski definition) is 2. The molecule has 0 fully saturated rings. The first-order valence-corrected chi connectivity index (χ1v) is 6.29. The van der Waals surface area contributed by atoms with E-state index in [0.29, 0.717) is 16.9 Å². The first-order chi connectivity index (χ1) is 9.38. The van der Waals surface area contributed by atoms with Crippen molar-refractivity contribution in [3.8, 4) is 0 Å². The molecule has 1 heterocycles. The first-order valence-electron chi connectivity index (χ1n) is 5.88. The van der Waals surface area contributed by atoms with E-state index in [4.69, 9.17) is 18.0 Å². The lowest BCUT2D eigenvalue weighted by Crippen LogP contribution is -2.15. The Morgan fingerprint density at radius 2 is 1.90 bits per heavy atom. The largest absolute Gasteiger partial charge is 0.389 e. The maximum absolute atomic E-state index is 13.7. The van der Waals surface area contributed by atoms with Crippen LogP contribution in [0.4, 0.5) is 20.2 Å². The van der Waals surface area contributed by atoms with E-state index >= 15 is 0 Å². The fourth-order valence-corrected chi connectivity index (χ4v) is 2.23. The zero-order valence-corrected chi connectivity index (χ0v) is 11.8. The van der Waals surface area contributed by atoms with E-state index in [-0.39, 0.29) is 10.7 Å². The zero-order valence-electron chi connectivity index (χ0n) is 11.0. The molecule has 0 amide bonds. The second-order valence-corrected chi connectivity index (χ2v) is 4.82. The van der Waals surface area contributed by atoms with Crippen molar-refractivity contribution in [3.05, 3.63) is 52.9 Å². The van der Waals surface area contributed by atoms with E-state index in [1.807, 2.05) is 0 Å². The van der Waals surface area contributed by atoms with Crippen LogP contribution < -0.4 is 11.1 Å². The SMILES string of the molecule is Cc1cc(Nc2cc(F)ccc2F)c(C(N)=S)c(C)n1. The van der Waals surface area contributed by atoms with E-state index in [1.165, 1.54) is 0 Å². The maximum Gasteiger partial charge on any atom is 0.146 e. The Morgan fingerprint density at radius 1 is 1.20 bits per heavy atom. The number of nitrogens with zero attached hydrogens (tertiary/aromatic N) is 1. The minimum Gasteiger partial charge on any atom is -0.389 e. The van der Waals surface area contributed by atoms with Crippen LogP contribution in [-0.4, -0.2) is 9.97 Å². The van der Waals surface area contributed by atoms with Gasteiger partial charge in [-0.1, -0.05) is 12.2 Å². The number of nitrogens with one attached hydrogen (secondary N) is 1. The van der Waals surface area contributed by atoms with Gasteiger partial charge in [0.1, 0.15) is 16.6 Å². The highest BCUT2D eigenvalue weighted by atomic mass is 32.1. The number of aryl methyl sites for hydroxylation is 2. The molecular weight excluding hydrogens is 280 g/mol. The molecule has 0 radical (unpaired) electrons. The summed E-state index contributed by atoms with van der Waals surface area (Å²) < 4.78 is 26.9. The molecule has 2 aromatic rings. The van der Waals surface area contributed by atoms with E-state index in [9.17, 15) is 8.78 Å². The second-order valence-electron chi connectivity index (χ2n) is 4.39. The molecule has 1 aromatic heterocycles. The van der Waals surface area contributed by atoms with Gasteiger partial charge in [0.15, 0.2) is 0 Å². The molecule has 1 aromatic carbocycles. The molecule has 0 aliphatic carbocycles. The molecule has 0 bridgehead atoms. The normalized spacial score (nSPS) is 10.4. The molecule has 0 aliphatic rings.